The number of piperazine rings is 1. The number of nitrogens with zero attached hydrogens (tertiary/aromatic N) is 2. The molecule has 176 valence electrons. The van der Waals surface area contributed by atoms with Crippen LogP contribution in [0.15, 0.2) is 60.7 Å². The van der Waals surface area contributed by atoms with Crippen LogP contribution in [-0.4, -0.2) is 59.4 Å². The summed E-state index contributed by atoms with van der Waals surface area (Å²) in [5.41, 5.74) is 1.82. The Morgan fingerprint density at radius 1 is 0.879 bits per heavy atom. The van der Waals surface area contributed by atoms with Crippen LogP contribution in [0.1, 0.15) is 44.2 Å². The fourth-order valence-electron chi connectivity index (χ4n) is 5.29. The third kappa shape index (κ3) is 5.47. The van der Waals surface area contributed by atoms with E-state index in [2.05, 4.69) is 60.5 Å². The Hall–Kier alpha value is -2.66. The Morgan fingerprint density at radius 2 is 1.42 bits per heavy atom. The lowest BCUT2D eigenvalue weighted by molar-refractivity contribution is -0.161. The zero-order valence-electron chi connectivity index (χ0n) is 20.0. The van der Waals surface area contributed by atoms with Crippen LogP contribution in [-0.2, 0) is 22.4 Å². The standard InChI is InChI=1S/C28H37N3O2/c1-22(2)21-25-26(32)31(18-14-24-11-7-4-8-12-24)28(27(33)29-25)15-19-30(20-16-28)17-13-23-9-5-3-6-10-23/h3-12,22,25H,13-21H2,1-2H3,(H,29,33). The molecule has 2 aromatic rings. The average molecular weight is 448 g/mol. The Balaban J connectivity index is 1.46. The topological polar surface area (TPSA) is 52.7 Å². The van der Waals surface area contributed by atoms with Crippen LogP contribution >= 0.6 is 0 Å². The highest BCUT2D eigenvalue weighted by Gasteiger charge is 2.53. The van der Waals surface area contributed by atoms with Gasteiger partial charge in [0.1, 0.15) is 11.6 Å². The molecule has 1 unspecified atom stereocenters. The predicted molar refractivity (Wildman–Crippen MR) is 132 cm³/mol. The quantitative estimate of drug-likeness (QED) is 0.672. The molecule has 2 amide bonds. The van der Waals surface area contributed by atoms with Crippen molar-refractivity contribution in [2.75, 3.05) is 26.2 Å². The first kappa shape index (κ1) is 23.5. The van der Waals surface area contributed by atoms with Crippen LogP contribution in [0.3, 0.4) is 0 Å². The maximum atomic E-state index is 13.6. The van der Waals surface area contributed by atoms with Crippen molar-refractivity contribution in [1.29, 1.82) is 0 Å². The van der Waals surface area contributed by atoms with Crippen molar-refractivity contribution in [3.63, 3.8) is 0 Å². The van der Waals surface area contributed by atoms with Crippen LogP contribution in [0.25, 0.3) is 0 Å². The van der Waals surface area contributed by atoms with E-state index in [0.717, 1.165) is 32.5 Å². The lowest BCUT2D eigenvalue weighted by atomic mass is 9.80. The van der Waals surface area contributed by atoms with Crippen LogP contribution < -0.4 is 5.32 Å². The van der Waals surface area contributed by atoms with E-state index in [-0.39, 0.29) is 11.8 Å². The SMILES string of the molecule is CC(C)CC1NC(=O)C2(CCN(CCc3ccccc3)CC2)N(CCc2ccccc2)C1=O. The van der Waals surface area contributed by atoms with Gasteiger partial charge in [-0.25, -0.2) is 0 Å². The Morgan fingerprint density at radius 3 is 1.97 bits per heavy atom. The molecule has 0 aliphatic carbocycles. The number of carbonyl (C=O) groups excluding carboxylic acids is 2. The highest BCUT2D eigenvalue weighted by molar-refractivity contribution is 6.00. The highest BCUT2D eigenvalue weighted by atomic mass is 16.2. The highest BCUT2D eigenvalue weighted by Crippen LogP contribution is 2.34. The van der Waals surface area contributed by atoms with Crippen molar-refractivity contribution in [2.45, 2.75) is 57.5 Å². The molecule has 33 heavy (non-hydrogen) atoms. The predicted octanol–water partition coefficient (Wildman–Crippen LogP) is 3.68. The Bertz CT molecular complexity index is 921. The van der Waals surface area contributed by atoms with Gasteiger partial charge >= 0.3 is 0 Å². The summed E-state index contributed by atoms with van der Waals surface area (Å²) in [4.78, 5) is 31.5. The summed E-state index contributed by atoms with van der Waals surface area (Å²) in [7, 11) is 0. The summed E-state index contributed by atoms with van der Waals surface area (Å²) in [5.74, 6) is 0.490. The van der Waals surface area contributed by atoms with Crippen molar-refractivity contribution in [3.8, 4) is 0 Å². The molecule has 0 bridgehead atoms. The number of hydrogen-bond acceptors (Lipinski definition) is 3. The fraction of sp³-hybridized carbons (Fsp3) is 0.500. The first-order chi connectivity index (χ1) is 16.0. The summed E-state index contributed by atoms with van der Waals surface area (Å²) in [5, 5.41) is 3.11. The molecule has 0 radical (unpaired) electrons. The number of rotatable bonds is 8. The number of hydrogen-bond donors (Lipinski definition) is 1. The summed E-state index contributed by atoms with van der Waals surface area (Å²) in [6, 6.07) is 20.4. The molecule has 2 aliphatic heterocycles. The van der Waals surface area contributed by atoms with E-state index in [4.69, 9.17) is 0 Å². The molecule has 1 atom stereocenters. The van der Waals surface area contributed by atoms with Crippen LogP contribution in [0.2, 0.25) is 0 Å². The second kappa shape index (κ2) is 10.5. The van der Waals surface area contributed by atoms with Gasteiger partial charge in [0.15, 0.2) is 0 Å². The average Bonchev–Trinajstić information content (AvgIpc) is 2.83. The second-order valence-electron chi connectivity index (χ2n) is 9.99. The van der Waals surface area contributed by atoms with E-state index in [1.165, 1.54) is 11.1 Å². The molecule has 2 aliphatic rings. The van der Waals surface area contributed by atoms with Gasteiger partial charge in [0.25, 0.3) is 0 Å². The molecular weight excluding hydrogens is 410 g/mol. The lowest BCUT2D eigenvalue weighted by Gasteiger charge is -2.52. The maximum Gasteiger partial charge on any atom is 0.246 e. The van der Waals surface area contributed by atoms with Gasteiger partial charge in [-0.1, -0.05) is 74.5 Å². The smallest absolute Gasteiger partial charge is 0.246 e. The number of carbonyl (C=O) groups is 2. The molecule has 2 fully saturated rings. The molecule has 5 heteroatoms. The molecule has 2 heterocycles. The molecule has 0 saturated carbocycles. The van der Waals surface area contributed by atoms with Crippen molar-refractivity contribution in [1.82, 2.24) is 15.1 Å². The van der Waals surface area contributed by atoms with E-state index < -0.39 is 11.6 Å². The Labute approximate surface area is 198 Å². The minimum atomic E-state index is -0.720. The van der Waals surface area contributed by atoms with Crippen LogP contribution in [0.5, 0.6) is 0 Å². The molecule has 4 rings (SSSR count). The van der Waals surface area contributed by atoms with Gasteiger partial charge in [-0.2, -0.15) is 0 Å². The largest absolute Gasteiger partial charge is 0.342 e. The summed E-state index contributed by atoms with van der Waals surface area (Å²) in [6.45, 7) is 7.45. The molecule has 5 nitrogen and oxygen atoms in total. The zero-order valence-corrected chi connectivity index (χ0v) is 20.0. The van der Waals surface area contributed by atoms with Crippen molar-refractivity contribution in [3.05, 3.63) is 71.8 Å². The number of amides is 2. The first-order valence-electron chi connectivity index (χ1n) is 12.4. The van der Waals surface area contributed by atoms with Crippen molar-refractivity contribution >= 4 is 11.8 Å². The van der Waals surface area contributed by atoms with Gasteiger partial charge in [-0.3, -0.25) is 9.59 Å². The summed E-state index contributed by atoms with van der Waals surface area (Å²) in [6.07, 6.45) is 3.86. The minimum absolute atomic E-state index is 0.0449. The fourth-order valence-corrected chi connectivity index (χ4v) is 5.29. The monoisotopic (exact) mass is 447 g/mol. The molecule has 0 aromatic heterocycles. The lowest BCUT2D eigenvalue weighted by Crippen LogP contribution is -2.73. The van der Waals surface area contributed by atoms with E-state index in [1.807, 2.05) is 29.2 Å². The van der Waals surface area contributed by atoms with E-state index in [0.29, 0.717) is 31.7 Å². The number of piperidine rings is 1. The van der Waals surface area contributed by atoms with Gasteiger partial charge in [0.2, 0.25) is 11.8 Å². The van der Waals surface area contributed by atoms with Gasteiger partial charge < -0.3 is 15.1 Å². The van der Waals surface area contributed by atoms with Gasteiger partial charge in [-0.15, -0.1) is 0 Å². The molecule has 2 saturated heterocycles. The zero-order chi connectivity index (χ0) is 23.3. The van der Waals surface area contributed by atoms with Gasteiger partial charge in [-0.05, 0) is 49.1 Å². The van der Waals surface area contributed by atoms with Gasteiger partial charge in [0, 0.05) is 26.2 Å². The number of benzene rings is 2. The number of likely N-dealkylation sites (tertiary alicyclic amines) is 1. The molecule has 1 spiro atoms. The molecular formula is C28H37N3O2. The normalized spacial score (nSPS) is 20.9. The van der Waals surface area contributed by atoms with E-state index in [9.17, 15) is 9.59 Å². The molecule has 2 aromatic carbocycles. The van der Waals surface area contributed by atoms with Crippen molar-refractivity contribution < 1.29 is 9.59 Å². The maximum absolute atomic E-state index is 13.6. The summed E-state index contributed by atoms with van der Waals surface area (Å²) < 4.78 is 0. The third-order valence-electron chi connectivity index (χ3n) is 7.23. The van der Waals surface area contributed by atoms with Crippen LogP contribution in [0, 0.1) is 5.92 Å². The van der Waals surface area contributed by atoms with Gasteiger partial charge in [0.05, 0.1) is 0 Å². The van der Waals surface area contributed by atoms with Crippen molar-refractivity contribution in [2.24, 2.45) is 5.92 Å². The first-order valence-corrected chi connectivity index (χ1v) is 12.4. The summed E-state index contributed by atoms with van der Waals surface area (Å²) >= 11 is 0. The molecule has 1 N–H and O–H groups in total. The number of nitrogens with one attached hydrogen (secondary N) is 1. The van der Waals surface area contributed by atoms with Crippen LogP contribution in [0.4, 0.5) is 0 Å². The third-order valence-corrected chi connectivity index (χ3v) is 7.23. The van der Waals surface area contributed by atoms with E-state index in [1.54, 1.807) is 0 Å². The van der Waals surface area contributed by atoms with E-state index >= 15 is 0 Å². The minimum Gasteiger partial charge on any atom is -0.342 e. The second-order valence-corrected chi connectivity index (χ2v) is 9.99. The Kier molecular flexibility index (Phi) is 7.49.